The summed E-state index contributed by atoms with van der Waals surface area (Å²) in [5.74, 6) is -0.113. The number of aryl methyl sites for hydroxylation is 1. The molecule has 0 spiro atoms. The SMILES string of the molecule is Cc1ccc(F)c(C)c1CCCN. The Morgan fingerprint density at radius 3 is 2.62 bits per heavy atom. The van der Waals surface area contributed by atoms with Gasteiger partial charge in [0, 0.05) is 0 Å². The van der Waals surface area contributed by atoms with Crippen molar-refractivity contribution in [2.24, 2.45) is 5.73 Å². The van der Waals surface area contributed by atoms with E-state index in [0.29, 0.717) is 6.54 Å². The first-order chi connectivity index (χ1) is 6.16. The number of rotatable bonds is 3. The van der Waals surface area contributed by atoms with Gasteiger partial charge < -0.3 is 5.73 Å². The van der Waals surface area contributed by atoms with E-state index in [-0.39, 0.29) is 5.82 Å². The zero-order valence-corrected chi connectivity index (χ0v) is 8.23. The van der Waals surface area contributed by atoms with E-state index in [4.69, 9.17) is 5.73 Å². The van der Waals surface area contributed by atoms with Crippen molar-refractivity contribution >= 4 is 0 Å². The zero-order valence-electron chi connectivity index (χ0n) is 8.23. The van der Waals surface area contributed by atoms with E-state index in [1.165, 1.54) is 6.07 Å². The van der Waals surface area contributed by atoms with Gasteiger partial charge in [0.15, 0.2) is 0 Å². The molecule has 0 aliphatic heterocycles. The van der Waals surface area contributed by atoms with Crippen molar-refractivity contribution in [3.8, 4) is 0 Å². The van der Waals surface area contributed by atoms with E-state index in [1.807, 2.05) is 19.9 Å². The Morgan fingerprint density at radius 1 is 1.31 bits per heavy atom. The summed E-state index contributed by atoms with van der Waals surface area (Å²) < 4.78 is 13.2. The van der Waals surface area contributed by atoms with E-state index in [9.17, 15) is 4.39 Å². The molecule has 0 aromatic heterocycles. The van der Waals surface area contributed by atoms with Crippen LogP contribution >= 0.6 is 0 Å². The van der Waals surface area contributed by atoms with Crippen molar-refractivity contribution in [3.63, 3.8) is 0 Å². The van der Waals surface area contributed by atoms with Gasteiger partial charge in [-0.15, -0.1) is 0 Å². The van der Waals surface area contributed by atoms with Crippen molar-refractivity contribution in [3.05, 3.63) is 34.6 Å². The number of halogens is 1. The molecule has 0 bridgehead atoms. The maximum Gasteiger partial charge on any atom is 0.126 e. The highest BCUT2D eigenvalue weighted by Gasteiger charge is 2.05. The van der Waals surface area contributed by atoms with Crippen molar-refractivity contribution in [1.29, 1.82) is 0 Å². The molecular weight excluding hydrogens is 165 g/mol. The van der Waals surface area contributed by atoms with Crippen LogP contribution in [0.25, 0.3) is 0 Å². The van der Waals surface area contributed by atoms with Crippen molar-refractivity contribution in [1.82, 2.24) is 0 Å². The maximum absolute atomic E-state index is 13.2. The highest BCUT2D eigenvalue weighted by atomic mass is 19.1. The first-order valence-electron chi connectivity index (χ1n) is 4.61. The highest BCUT2D eigenvalue weighted by Crippen LogP contribution is 2.18. The molecular formula is C11H16FN. The minimum Gasteiger partial charge on any atom is -0.330 e. The van der Waals surface area contributed by atoms with Crippen LogP contribution < -0.4 is 5.73 Å². The van der Waals surface area contributed by atoms with Gasteiger partial charge in [-0.1, -0.05) is 6.07 Å². The van der Waals surface area contributed by atoms with Gasteiger partial charge in [-0.25, -0.2) is 4.39 Å². The van der Waals surface area contributed by atoms with Gasteiger partial charge in [0.1, 0.15) is 5.82 Å². The Balaban J connectivity index is 2.96. The Labute approximate surface area is 78.8 Å². The first kappa shape index (κ1) is 10.2. The van der Waals surface area contributed by atoms with Crippen LogP contribution in [0.15, 0.2) is 12.1 Å². The standard InChI is InChI=1S/C11H16FN/c1-8-5-6-11(12)9(2)10(8)4-3-7-13/h5-6H,3-4,7,13H2,1-2H3. The normalized spacial score (nSPS) is 10.5. The molecule has 0 saturated carbocycles. The number of hydrogen-bond donors (Lipinski definition) is 1. The molecule has 0 heterocycles. The van der Waals surface area contributed by atoms with E-state index in [2.05, 4.69) is 0 Å². The lowest BCUT2D eigenvalue weighted by Gasteiger charge is -2.09. The van der Waals surface area contributed by atoms with E-state index in [0.717, 1.165) is 29.5 Å². The Kier molecular flexibility index (Phi) is 3.43. The molecule has 0 saturated heterocycles. The molecule has 13 heavy (non-hydrogen) atoms. The predicted octanol–water partition coefficient (Wildman–Crippen LogP) is 2.33. The maximum atomic E-state index is 13.2. The second-order valence-electron chi connectivity index (χ2n) is 3.36. The molecule has 2 heteroatoms. The quantitative estimate of drug-likeness (QED) is 0.761. The van der Waals surface area contributed by atoms with Gasteiger partial charge in [0.05, 0.1) is 0 Å². The Hall–Kier alpha value is -0.890. The topological polar surface area (TPSA) is 26.0 Å². The molecule has 1 nitrogen and oxygen atoms in total. The fourth-order valence-electron chi connectivity index (χ4n) is 1.53. The summed E-state index contributed by atoms with van der Waals surface area (Å²) >= 11 is 0. The lowest BCUT2D eigenvalue weighted by molar-refractivity contribution is 0.613. The second kappa shape index (κ2) is 4.38. The average molecular weight is 181 g/mol. The number of benzene rings is 1. The first-order valence-corrected chi connectivity index (χ1v) is 4.61. The second-order valence-corrected chi connectivity index (χ2v) is 3.36. The summed E-state index contributed by atoms with van der Waals surface area (Å²) in [6.07, 6.45) is 1.80. The van der Waals surface area contributed by atoms with Crippen LogP contribution in [0.5, 0.6) is 0 Å². The smallest absolute Gasteiger partial charge is 0.126 e. The van der Waals surface area contributed by atoms with Gasteiger partial charge in [0.2, 0.25) is 0 Å². The summed E-state index contributed by atoms with van der Waals surface area (Å²) in [6.45, 7) is 4.50. The molecule has 0 fully saturated rings. The highest BCUT2D eigenvalue weighted by molar-refractivity contribution is 5.34. The molecule has 0 radical (unpaired) electrons. The predicted molar refractivity (Wildman–Crippen MR) is 53.2 cm³/mol. The van der Waals surface area contributed by atoms with Gasteiger partial charge in [0.25, 0.3) is 0 Å². The third-order valence-electron chi connectivity index (χ3n) is 2.40. The molecule has 0 amide bonds. The Bertz CT molecular complexity index is 294. The summed E-state index contributed by atoms with van der Waals surface area (Å²) in [5, 5.41) is 0. The minimum absolute atomic E-state index is 0.113. The van der Waals surface area contributed by atoms with E-state index >= 15 is 0 Å². The van der Waals surface area contributed by atoms with Gasteiger partial charge >= 0.3 is 0 Å². The lowest BCUT2D eigenvalue weighted by Crippen LogP contribution is -2.03. The van der Waals surface area contributed by atoms with Crippen LogP contribution in [0.4, 0.5) is 4.39 Å². The minimum atomic E-state index is -0.113. The largest absolute Gasteiger partial charge is 0.330 e. The molecule has 0 unspecified atom stereocenters. The van der Waals surface area contributed by atoms with Crippen molar-refractivity contribution in [2.45, 2.75) is 26.7 Å². The Morgan fingerprint density at radius 2 is 2.00 bits per heavy atom. The van der Waals surface area contributed by atoms with Gasteiger partial charge in [-0.3, -0.25) is 0 Å². The molecule has 1 aromatic carbocycles. The van der Waals surface area contributed by atoms with Crippen molar-refractivity contribution < 1.29 is 4.39 Å². The third-order valence-corrected chi connectivity index (χ3v) is 2.40. The van der Waals surface area contributed by atoms with Crippen LogP contribution in [0.3, 0.4) is 0 Å². The van der Waals surface area contributed by atoms with Crippen LogP contribution in [0, 0.1) is 19.7 Å². The number of hydrogen-bond acceptors (Lipinski definition) is 1. The summed E-state index contributed by atoms with van der Waals surface area (Å²) in [5.41, 5.74) is 8.47. The zero-order chi connectivity index (χ0) is 9.84. The van der Waals surface area contributed by atoms with Gasteiger partial charge in [-0.2, -0.15) is 0 Å². The molecule has 1 rings (SSSR count). The fraction of sp³-hybridized carbons (Fsp3) is 0.455. The monoisotopic (exact) mass is 181 g/mol. The van der Waals surface area contributed by atoms with Gasteiger partial charge in [-0.05, 0) is 56.0 Å². The summed E-state index contributed by atoms with van der Waals surface area (Å²) in [6, 6.07) is 3.35. The van der Waals surface area contributed by atoms with E-state index in [1.54, 1.807) is 0 Å². The van der Waals surface area contributed by atoms with Crippen molar-refractivity contribution in [2.75, 3.05) is 6.54 Å². The lowest BCUT2D eigenvalue weighted by atomic mass is 9.98. The average Bonchev–Trinajstić information content (AvgIpc) is 2.12. The molecule has 1 aromatic rings. The molecule has 2 N–H and O–H groups in total. The van der Waals surface area contributed by atoms with E-state index < -0.39 is 0 Å². The molecule has 0 atom stereocenters. The van der Waals surface area contributed by atoms with Crippen LogP contribution in [0.1, 0.15) is 23.1 Å². The fourth-order valence-corrected chi connectivity index (χ4v) is 1.53. The molecule has 72 valence electrons. The molecule has 0 aliphatic rings. The third kappa shape index (κ3) is 2.28. The molecule has 0 aliphatic carbocycles. The summed E-state index contributed by atoms with van der Waals surface area (Å²) in [4.78, 5) is 0. The number of nitrogens with two attached hydrogens (primary N) is 1. The van der Waals surface area contributed by atoms with Crippen LogP contribution in [-0.2, 0) is 6.42 Å². The van der Waals surface area contributed by atoms with Crippen LogP contribution in [-0.4, -0.2) is 6.54 Å². The summed E-state index contributed by atoms with van der Waals surface area (Å²) in [7, 11) is 0. The van der Waals surface area contributed by atoms with Crippen LogP contribution in [0.2, 0.25) is 0 Å².